The Hall–Kier alpha value is -1.33. The van der Waals surface area contributed by atoms with Crippen LogP contribution in [0.2, 0.25) is 0 Å². The standard InChI is InChI=1S/C8H10O5/c9-6-2-1-3-8(12,4-6)13-5-7(10)11/h1-3,9,12H,4-5H2,(H,10,11). The maximum Gasteiger partial charge on any atom is 0.329 e. The number of hydrogen-bond acceptors (Lipinski definition) is 4. The van der Waals surface area contributed by atoms with Gasteiger partial charge in [0.25, 0.3) is 0 Å². The van der Waals surface area contributed by atoms with Crippen molar-refractivity contribution in [1.82, 2.24) is 0 Å². The molecule has 3 N–H and O–H groups in total. The van der Waals surface area contributed by atoms with Crippen molar-refractivity contribution < 1.29 is 24.9 Å². The van der Waals surface area contributed by atoms with Crippen LogP contribution in [0.4, 0.5) is 0 Å². The van der Waals surface area contributed by atoms with Gasteiger partial charge in [0, 0.05) is 0 Å². The summed E-state index contributed by atoms with van der Waals surface area (Å²) in [6.07, 6.45) is 3.96. The molecule has 0 spiro atoms. The summed E-state index contributed by atoms with van der Waals surface area (Å²) in [5, 5.41) is 26.8. The highest BCUT2D eigenvalue weighted by Crippen LogP contribution is 2.22. The van der Waals surface area contributed by atoms with E-state index < -0.39 is 18.4 Å². The van der Waals surface area contributed by atoms with Gasteiger partial charge in [-0.05, 0) is 12.2 Å². The molecule has 5 nitrogen and oxygen atoms in total. The summed E-state index contributed by atoms with van der Waals surface area (Å²) in [5.41, 5.74) is 0. The van der Waals surface area contributed by atoms with E-state index in [1.807, 2.05) is 0 Å². The van der Waals surface area contributed by atoms with Crippen LogP contribution in [0.25, 0.3) is 0 Å². The molecule has 1 unspecified atom stereocenters. The predicted octanol–water partition coefficient (Wildman–Crippen LogP) is 0.178. The summed E-state index contributed by atoms with van der Waals surface area (Å²) in [6, 6.07) is 0. The molecule has 0 bridgehead atoms. The Morgan fingerprint density at radius 3 is 2.92 bits per heavy atom. The largest absolute Gasteiger partial charge is 0.512 e. The topological polar surface area (TPSA) is 87.0 Å². The molecule has 1 atom stereocenters. The van der Waals surface area contributed by atoms with Crippen molar-refractivity contribution in [3.8, 4) is 0 Å². The van der Waals surface area contributed by atoms with Crippen molar-refractivity contribution in [2.45, 2.75) is 12.2 Å². The summed E-state index contributed by atoms with van der Waals surface area (Å²) in [6.45, 7) is -0.603. The number of carboxylic acids is 1. The van der Waals surface area contributed by atoms with E-state index in [0.717, 1.165) is 0 Å². The maximum atomic E-state index is 10.1. The Kier molecular flexibility index (Phi) is 2.69. The first-order valence-corrected chi connectivity index (χ1v) is 3.67. The lowest BCUT2D eigenvalue weighted by Crippen LogP contribution is -2.33. The zero-order valence-electron chi connectivity index (χ0n) is 6.80. The van der Waals surface area contributed by atoms with E-state index >= 15 is 0 Å². The van der Waals surface area contributed by atoms with Gasteiger partial charge in [0.15, 0.2) is 5.79 Å². The maximum absolute atomic E-state index is 10.1. The summed E-state index contributed by atoms with van der Waals surface area (Å²) in [5.74, 6) is -2.91. The quantitative estimate of drug-likeness (QED) is 0.547. The third-order valence-corrected chi connectivity index (χ3v) is 1.53. The van der Waals surface area contributed by atoms with Gasteiger partial charge in [0.05, 0.1) is 12.2 Å². The molecule has 0 heterocycles. The van der Waals surface area contributed by atoms with E-state index in [4.69, 9.17) is 10.2 Å². The lowest BCUT2D eigenvalue weighted by Gasteiger charge is -2.25. The molecule has 0 fully saturated rings. The number of rotatable bonds is 3. The second kappa shape index (κ2) is 3.59. The van der Waals surface area contributed by atoms with Crippen molar-refractivity contribution in [2.24, 2.45) is 0 Å². The third-order valence-electron chi connectivity index (χ3n) is 1.53. The predicted molar refractivity (Wildman–Crippen MR) is 43.0 cm³/mol. The number of hydrogen-bond donors (Lipinski definition) is 3. The first-order valence-electron chi connectivity index (χ1n) is 3.67. The molecule has 1 aliphatic rings. The van der Waals surface area contributed by atoms with Crippen LogP contribution in [0, 0.1) is 0 Å². The van der Waals surface area contributed by atoms with Crippen LogP contribution < -0.4 is 0 Å². The minimum Gasteiger partial charge on any atom is -0.512 e. The molecule has 0 aliphatic heterocycles. The van der Waals surface area contributed by atoms with Crippen LogP contribution in [0.1, 0.15) is 6.42 Å². The van der Waals surface area contributed by atoms with Gasteiger partial charge >= 0.3 is 5.97 Å². The van der Waals surface area contributed by atoms with E-state index in [2.05, 4.69) is 4.74 Å². The molecular formula is C8H10O5. The smallest absolute Gasteiger partial charge is 0.329 e. The summed E-state index contributed by atoms with van der Waals surface area (Å²) < 4.78 is 4.67. The Morgan fingerprint density at radius 2 is 2.38 bits per heavy atom. The fraction of sp³-hybridized carbons (Fsp3) is 0.375. The highest BCUT2D eigenvalue weighted by Gasteiger charge is 2.28. The minimum absolute atomic E-state index is 0.0459. The first-order chi connectivity index (χ1) is 6.02. The Bertz CT molecular complexity index is 268. The molecule has 5 heteroatoms. The zero-order valence-corrected chi connectivity index (χ0v) is 6.80. The first kappa shape index (κ1) is 9.76. The van der Waals surface area contributed by atoms with Crippen molar-refractivity contribution in [3.05, 3.63) is 24.0 Å². The summed E-state index contributed by atoms with van der Waals surface area (Å²) in [7, 11) is 0. The van der Waals surface area contributed by atoms with Gasteiger partial charge in [-0.15, -0.1) is 0 Å². The van der Waals surface area contributed by atoms with Crippen LogP contribution in [0.5, 0.6) is 0 Å². The number of aliphatic hydroxyl groups is 2. The SMILES string of the molecule is O=C(O)COC1(O)C=CC=C(O)C1. The lowest BCUT2D eigenvalue weighted by molar-refractivity contribution is -0.185. The summed E-state index contributed by atoms with van der Waals surface area (Å²) in [4.78, 5) is 10.1. The molecule has 13 heavy (non-hydrogen) atoms. The van der Waals surface area contributed by atoms with Gasteiger partial charge in [-0.25, -0.2) is 4.79 Å². The number of aliphatic carboxylic acids is 1. The Morgan fingerprint density at radius 1 is 1.69 bits per heavy atom. The highest BCUT2D eigenvalue weighted by atomic mass is 16.6. The Balaban J connectivity index is 2.53. The van der Waals surface area contributed by atoms with E-state index in [1.165, 1.54) is 18.2 Å². The zero-order chi connectivity index (χ0) is 9.90. The van der Waals surface area contributed by atoms with E-state index in [1.54, 1.807) is 0 Å². The van der Waals surface area contributed by atoms with Crippen LogP contribution in [-0.4, -0.2) is 33.7 Å². The minimum atomic E-state index is -1.70. The van der Waals surface area contributed by atoms with E-state index in [-0.39, 0.29) is 12.2 Å². The lowest BCUT2D eigenvalue weighted by atomic mass is 10.1. The molecule has 72 valence electrons. The fourth-order valence-electron chi connectivity index (χ4n) is 0.973. The molecular weight excluding hydrogens is 176 g/mol. The molecule has 0 aromatic rings. The van der Waals surface area contributed by atoms with E-state index in [9.17, 15) is 9.90 Å². The average molecular weight is 186 g/mol. The van der Waals surface area contributed by atoms with Crippen molar-refractivity contribution in [2.75, 3.05) is 6.61 Å². The average Bonchev–Trinajstić information content (AvgIpc) is 2.01. The van der Waals surface area contributed by atoms with Gasteiger partial charge < -0.3 is 20.1 Å². The molecule has 0 saturated heterocycles. The molecule has 0 saturated carbocycles. The second-order valence-electron chi connectivity index (χ2n) is 2.72. The summed E-state index contributed by atoms with van der Waals surface area (Å²) >= 11 is 0. The van der Waals surface area contributed by atoms with Gasteiger partial charge in [-0.1, -0.05) is 6.08 Å². The number of carboxylic acid groups (broad SMARTS) is 1. The number of allylic oxidation sites excluding steroid dienone is 2. The van der Waals surface area contributed by atoms with E-state index in [0.29, 0.717) is 0 Å². The number of ether oxygens (including phenoxy) is 1. The van der Waals surface area contributed by atoms with Crippen molar-refractivity contribution in [3.63, 3.8) is 0 Å². The van der Waals surface area contributed by atoms with Crippen LogP contribution in [-0.2, 0) is 9.53 Å². The van der Waals surface area contributed by atoms with Crippen LogP contribution >= 0.6 is 0 Å². The number of aliphatic hydroxyl groups excluding tert-OH is 1. The van der Waals surface area contributed by atoms with Gasteiger partial charge in [0.2, 0.25) is 0 Å². The van der Waals surface area contributed by atoms with Gasteiger partial charge in [-0.3, -0.25) is 0 Å². The van der Waals surface area contributed by atoms with Crippen molar-refractivity contribution in [1.29, 1.82) is 0 Å². The second-order valence-corrected chi connectivity index (χ2v) is 2.72. The van der Waals surface area contributed by atoms with Gasteiger partial charge in [-0.2, -0.15) is 0 Å². The van der Waals surface area contributed by atoms with Crippen LogP contribution in [0.15, 0.2) is 24.0 Å². The fourth-order valence-corrected chi connectivity index (χ4v) is 0.973. The van der Waals surface area contributed by atoms with Crippen LogP contribution in [0.3, 0.4) is 0 Å². The number of carbonyl (C=O) groups is 1. The highest BCUT2D eigenvalue weighted by molar-refractivity contribution is 5.68. The molecule has 0 aromatic carbocycles. The molecule has 0 radical (unpaired) electrons. The third kappa shape index (κ3) is 2.89. The molecule has 1 rings (SSSR count). The normalized spacial score (nSPS) is 27.0. The molecule has 0 aromatic heterocycles. The van der Waals surface area contributed by atoms with Crippen molar-refractivity contribution >= 4 is 5.97 Å². The monoisotopic (exact) mass is 186 g/mol. The molecule has 0 amide bonds. The van der Waals surface area contributed by atoms with Gasteiger partial charge in [0.1, 0.15) is 6.61 Å². The molecule has 1 aliphatic carbocycles. The Labute approximate surface area is 74.6 Å².